The van der Waals surface area contributed by atoms with E-state index in [1.807, 2.05) is 42.6 Å². The molecule has 4 rings (SSSR count). The van der Waals surface area contributed by atoms with Crippen LogP contribution in [0.25, 0.3) is 10.9 Å². The average molecular weight is 423 g/mol. The first-order chi connectivity index (χ1) is 15.1. The number of para-hydroxylation sites is 1. The van der Waals surface area contributed by atoms with E-state index >= 15 is 0 Å². The number of furan rings is 1. The van der Waals surface area contributed by atoms with E-state index in [1.165, 1.54) is 13.3 Å². The molecule has 1 aromatic carbocycles. The number of nitrogens with zero attached hydrogens (tertiary/aromatic N) is 1. The maximum atomic E-state index is 13.1. The number of hydrogen-bond acceptors (Lipinski definition) is 4. The largest absolute Gasteiger partial charge is 0.468 e. The van der Waals surface area contributed by atoms with E-state index < -0.39 is 6.04 Å². The van der Waals surface area contributed by atoms with Gasteiger partial charge in [0, 0.05) is 37.0 Å². The lowest BCUT2D eigenvalue weighted by molar-refractivity contribution is -0.128. The molecular formula is C24H30N4O3. The molecule has 7 nitrogen and oxygen atoms in total. The Balaban J connectivity index is 1.46. The number of H-pyrrole nitrogens is 1. The van der Waals surface area contributed by atoms with Crippen molar-refractivity contribution in [1.82, 2.24) is 20.5 Å². The SMILES string of the molecule is CC(=O)N[C@@H](Cc1c[nH]c2ccccc12)C(=O)NC[C@H](c1ccco1)N1CCCCC1. The first-order valence-corrected chi connectivity index (χ1v) is 11.0. The molecule has 0 unspecified atom stereocenters. The van der Waals surface area contributed by atoms with Crippen LogP contribution in [0.4, 0.5) is 0 Å². The maximum absolute atomic E-state index is 13.1. The van der Waals surface area contributed by atoms with Gasteiger partial charge in [0.25, 0.3) is 0 Å². The number of carbonyl (C=O) groups excluding carboxylic acids is 2. The second kappa shape index (κ2) is 9.83. The molecule has 2 atom stereocenters. The van der Waals surface area contributed by atoms with Gasteiger partial charge in [0.1, 0.15) is 11.8 Å². The van der Waals surface area contributed by atoms with Gasteiger partial charge >= 0.3 is 0 Å². The average Bonchev–Trinajstić information content (AvgIpc) is 3.44. The summed E-state index contributed by atoms with van der Waals surface area (Å²) in [5.74, 6) is 0.447. The van der Waals surface area contributed by atoms with Crippen molar-refractivity contribution in [1.29, 1.82) is 0 Å². The van der Waals surface area contributed by atoms with Crippen molar-refractivity contribution in [2.75, 3.05) is 19.6 Å². The lowest BCUT2D eigenvalue weighted by atomic mass is 10.0. The smallest absolute Gasteiger partial charge is 0.242 e. The maximum Gasteiger partial charge on any atom is 0.242 e. The van der Waals surface area contributed by atoms with Crippen molar-refractivity contribution in [3.05, 3.63) is 60.2 Å². The highest BCUT2D eigenvalue weighted by Gasteiger charge is 2.27. The highest BCUT2D eigenvalue weighted by atomic mass is 16.3. The normalized spacial score (nSPS) is 16.7. The van der Waals surface area contributed by atoms with E-state index in [-0.39, 0.29) is 17.9 Å². The van der Waals surface area contributed by atoms with Crippen molar-refractivity contribution in [2.45, 2.75) is 44.7 Å². The summed E-state index contributed by atoms with van der Waals surface area (Å²) >= 11 is 0. The van der Waals surface area contributed by atoms with Gasteiger partial charge in [-0.15, -0.1) is 0 Å². The molecule has 2 amide bonds. The van der Waals surface area contributed by atoms with E-state index in [1.54, 1.807) is 6.26 Å². The molecule has 7 heteroatoms. The summed E-state index contributed by atoms with van der Waals surface area (Å²) in [6.45, 7) is 3.86. The van der Waals surface area contributed by atoms with Gasteiger partial charge in [-0.2, -0.15) is 0 Å². The van der Waals surface area contributed by atoms with Gasteiger partial charge in [-0.3, -0.25) is 14.5 Å². The number of nitrogens with one attached hydrogen (secondary N) is 3. The van der Waals surface area contributed by atoms with Crippen LogP contribution in [-0.4, -0.2) is 47.4 Å². The zero-order chi connectivity index (χ0) is 21.6. The Labute approximate surface area is 182 Å². The third-order valence-electron chi connectivity index (χ3n) is 5.97. The minimum atomic E-state index is -0.643. The molecule has 31 heavy (non-hydrogen) atoms. The van der Waals surface area contributed by atoms with Crippen molar-refractivity contribution < 1.29 is 14.0 Å². The fourth-order valence-corrected chi connectivity index (χ4v) is 4.42. The molecular weight excluding hydrogens is 392 g/mol. The Morgan fingerprint density at radius 2 is 1.94 bits per heavy atom. The van der Waals surface area contributed by atoms with Crippen LogP contribution in [0.3, 0.4) is 0 Å². The Morgan fingerprint density at radius 3 is 2.68 bits per heavy atom. The van der Waals surface area contributed by atoms with Crippen LogP contribution in [0.5, 0.6) is 0 Å². The number of fused-ring (bicyclic) bond motifs is 1. The fourth-order valence-electron chi connectivity index (χ4n) is 4.42. The molecule has 164 valence electrons. The van der Waals surface area contributed by atoms with Crippen LogP contribution in [-0.2, 0) is 16.0 Å². The molecule has 2 aromatic heterocycles. The minimum absolute atomic E-state index is 0.00897. The van der Waals surface area contributed by atoms with Crippen molar-refractivity contribution in [2.24, 2.45) is 0 Å². The lowest BCUT2D eigenvalue weighted by Crippen LogP contribution is -2.49. The third-order valence-corrected chi connectivity index (χ3v) is 5.97. The standard InChI is InChI=1S/C24H30N4O3/c1-17(29)27-21(14-18-15-25-20-9-4-3-8-19(18)20)24(30)26-16-22(23-10-7-13-31-23)28-11-5-2-6-12-28/h3-4,7-10,13,15,21-22,25H,2,5-6,11-12,14,16H2,1H3,(H,26,30)(H,27,29)/t21-,22+/m0/s1. The molecule has 3 heterocycles. The summed E-state index contributed by atoms with van der Waals surface area (Å²) in [7, 11) is 0. The quantitative estimate of drug-likeness (QED) is 0.520. The van der Waals surface area contributed by atoms with Gasteiger partial charge in [0.15, 0.2) is 0 Å². The summed E-state index contributed by atoms with van der Waals surface area (Å²) in [6, 6.07) is 11.1. The molecule has 3 aromatic rings. The lowest BCUT2D eigenvalue weighted by Gasteiger charge is -2.33. The molecule has 3 N–H and O–H groups in total. The summed E-state index contributed by atoms with van der Waals surface area (Å²) < 4.78 is 5.67. The van der Waals surface area contributed by atoms with Crippen molar-refractivity contribution >= 4 is 22.7 Å². The number of aromatic nitrogens is 1. The molecule has 1 saturated heterocycles. The molecule has 1 aliphatic rings. The number of carbonyl (C=O) groups is 2. The van der Waals surface area contributed by atoms with Gasteiger partial charge in [-0.05, 0) is 49.7 Å². The Morgan fingerprint density at radius 1 is 1.13 bits per heavy atom. The molecule has 1 aliphatic heterocycles. The number of amides is 2. The second-order valence-corrected chi connectivity index (χ2v) is 8.19. The second-order valence-electron chi connectivity index (χ2n) is 8.19. The Kier molecular flexibility index (Phi) is 6.72. The van der Waals surface area contributed by atoms with Crippen LogP contribution >= 0.6 is 0 Å². The molecule has 0 spiro atoms. The van der Waals surface area contributed by atoms with Crippen LogP contribution in [0.2, 0.25) is 0 Å². The van der Waals surface area contributed by atoms with E-state index in [0.717, 1.165) is 48.2 Å². The molecule has 0 aliphatic carbocycles. The van der Waals surface area contributed by atoms with E-state index in [2.05, 4.69) is 20.5 Å². The monoisotopic (exact) mass is 422 g/mol. The van der Waals surface area contributed by atoms with E-state index in [0.29, 0.717) is 13.0 Å². The van der Waals surface area contributed by atoms with E-state index in [4.69, 9.17) is 4.42 Å². The first kappa shape index (κ1) is 21.2. The Bertz CT molecular complexity index is 1000. The van der Waals surface area contributed by atoms with Gasteiger partial charge in [0.2, 0.25) is 11.8 Å². The number of likely N-dealkylation sites (tertiary alicyclic amines) is 1. The third kappa shape index (κ3) is 5.17. The number of benzene rings is 1. The van der Waals surface area contributed by atoms with Gasteiger partial charge < -0.3 is 20.0 Å². The summed E-state index contributed by atoms with van der Waals surface area (Å²) in [5, 5.41) is 6.95. The number of hydrogen-bond donors (Lipinski definition) is 3. The van der Waals surface area contributed by atoms with Crippen LogP contribution < -0.4 is 10.6 Å². The zero-order valence-corrected chi connectivity index (χ0v) is 17.9. The summed E-state index contributed by atoms with van der Waals surface area (Å²) in [6.07, 6.45) is 7.55. The predicted octanol–water partition coefficient (Wildman–Crippen LogP) is 3.15. The number of piperidine rings is 1. The fraction of sp³-hybridized carbons (Fsp3) is 0.417. The van der Waals surface area contributed by atoms with Crippen molar-refractivity contribution in [3.8, 4) is 0 Å². The summed E-state index contributed by atoms with van der Waals surface area (Å²) in [5.41, 5.74) is 2.02. The first-order valence-electron chi connectivity index (χ1n) is 11.0. The highest BCUT2D eigenvalue weighted by molar-refractivity contribution is 5.89. The zero-order valence-electron chi connectivity index (χ0n) is 17.9. The molecule has 1 fully saturated rings. The van der Waals surface area contributed by atoms with Crippen molar-refractivity contribution in [3.63, 3.8) is 0 Å². The molecule has 0 bridgehead atoms. The van der Waals surface area contributed by atoms with Crippen LogP contribution in [0.15, 0.2) is 53.3 Å². The van der Waals surface area contributed by atoms with Crippen LogP contribution in [0.1, 0.15) is 43.6 Å². The highest BCUT2D eigenvalue weighted by Crippen LogP contribution is 2.25. The minimum Gasteiger partial charge on any atom is -0.468 e. The van der Waals surface area contributed by atoms with Gasteiger partial charge in [-0.25, -0.2) is 0 Å². The summed E-state index contributed by atoms with van der Waals surface area (Å²) in [4.78, 5) is 30.5. The van der Waals surface area contributed by atoms with E-state index in [9.17, 15) is 9.59 Å². The molecule has 0 saturated carbocycles. The number of rotatable bonds is 8. The number of aromatic amines is 1. The Hall–Kier alpha value is -3.06. The predicted molar refractivity (Wildman–Crippen MR) is 119 cm³/mol. The van der Waals surface area contributed by atoms with Gasteiger partial charge in [0.05, 0.1) is 12.3 Å². The van der Waals surface area contributed by atoms with Gasteiger partial charge in [-0.1, -0.05) is 24.6 Å². The topological polar surface area (TPSA) is 90.4 Å². The van der Waals surface area contributed by atoms with Crippen LogP contribution in [0, 0.1) is 0 Å². The molecule has 0 radical (unpaired) electrons.